The van der Waals surface area contributed by atoms with Gasteiger partial charge >= 0.3 is 0 Å². The highest BCUT2D eigenvalue weighted by Crippen LogP contribution is 2.34. The molecule has 0 spiro atoms. The number of methoxy groups -OCH3 is 1. The summed E-state index contributed by atoms with van der Waals surface area (Å²) in [7, 11) is -2.75. The number of anilines is 1. The highest BCUT2D eigenvalue weighted by molar-refractivity contribution is 9.10. The van der Waals surface area contributed by atoms with Crippen molar-refractivity contribution in [1.29, 1.82) is 0 Å². The molecule has 41 heavy (non-hydrogen) atoms. The highest BCUT2D eigenvalue weighted by Gasteiger charge is 2.34. The van der Waals surface area contributed by atoms with Crippen molar-refractivity contribution in [2.75, 3.05) is 18.0 Å². The molecule has 0 aliphatic rings. The van der Waals surface area contributed by atoms with Crippen LogP contribution in [0.5, 0.6) is 5.75 Å². The maximum absolute atomic E-state index is 14.1. The van der Waals surface area contributed by atoms with Crippen LogP contribution in [0.2, 0.25) is 0 Å². The summed E-state index contributed by atoms with van der Waals surface area (Å²) in [5.41, 5.74) is 2.73. The number of halogens is 1. The molecule has 0 aromatic heterocycles. The molecule has 0 unspecified atom stereocenters. The first-order chi connectivity index (χ1) is 19.4. The molecule has 8 nitrogen and oxygen atoms in total. The number of aryl methyl sites for hydroxylation is 2. The molecule has 2 atom stereocenters. The fourth-order valence-corrected chi connectivity index (χ4v) is 6.09. The molecule has 0 aliphatic heterocycles. The third-order valence-corrected chi connectivity index (χ3v) is 9.17. The van der Waals surface area contributed by atoms with Gasteiger partial charge in [-0.15, -0.1) is 0 Å². The number of nitrogens with one attached hydrogen (secondary N) is 1. The highest BCUT2D eigenvalue weighted by atomic mass is 79.9. The van der Waals surface area contributed by atoms with E-state index in [1.165, 1.54) is 24.1 Å². The number of sulfonamides is 1. The molecule has 0 bridgehead atoms. The number of ether oxygens (including phenoxy) is 1. The summed E-state index contributed by atoms with van der Waals surface area (Å²) in [6.45, 7) is 8.78. The third kappa shape index (κ3) is 8.10. The Kier molecular flexibility index (Phi) is 11.0. The molecular weight excluding hydrogens is 606 g/mol. The molecule has 0 saturated heterocycles. The van der Waals surface area contributed by atoms with E-state index in [0.717, 1.165) is 31.9 Å². The van der Waals surface area contributed by atoms with Crippen LogP contribution >= 0.6 is 15.9 Å². The van der Waals surface area contributed by atoms with Gasteiger partial charge in [-0.3, -0.25) is 13.9 Å². The minimum absolute atomic E-state index is 0.0422. The normalized spacial score (nSPS) is 12.8. The molecule has 0 aliphatic carbocycles. The van der Waals surface area contributed by atoms with E-state index in [0.29, 0.717) is 5.75 Å². The fourth-order valence-electron chi connectivity index (χ4n) is 4.23. The molecule has 10 heteroatoms. The Labute approximate surface area is 251 Å². The summed E-state index contributed by atoms with van der Waals surface area (Å²) in [5.74, 6) is -0.542. The zero-order chi connectivity index (χ0) is 30.3. The summed E-state index contributed by atoms with van der Waals surface area (Å²) in [5, 5.41) is 2.94. The lowest BCUT2D eigenvalue weighted by atomic mass is 10.1. The van der Waals surface area contributed by atoms with Crippen molar-refractivity contribution in [3.05, 3.63) is 87.9 Å². The lowest BCUT2D eigenvalue weighted by Gasteiger charge is -2.33. The standard InChI is InChI=1S/C31H38BrN3O5S/c1-7-23(4)33-31(37)24(5)34(19-25-9-8-10-26(32)18-25)30(36)20-35(28-17-22(3)13-16-29(28)40-6)41(38,39)27-14-11-21(2)12-15-27/h8-18,23-24H,7,19-20H2,1-6H3,(H,33,37)/t23-,24-/m0/s1. The number of hydrogen-bond donors (Lipinski definition) is 1. The van der Waals surface area contributed by atoms with Gasteiger partial charge in [-0.05, 0) is 81.6 Å². The number of carbonyl (C=O) groups excluding carboxylic acids is 2. The SMILES string of the molecule is CC[C@H](C)NC(=O)[C@H](C)N(Cc1cccc(Br)c1)C(=O)CN(c1cc(C)ccc1OC)S(=O)(=O)c1ccc(C)cc1. The first-order valence-corrected chi connectivity index (χ1v) is 15.7. The molecule has 1 N–H and O–H groups in total. The minimum atomic E-state index is -4.20. The number of nitrogens with zero attached hydrogens (tertiary/aromatic N) is 2. The summed E-state index contributed by atoms with van der Waals surface area (Å²) in [4.78, 5) is 28.8. The Morgan fingerprint density at radius 1 is 0.976 bits per heavy atom. The molecule has 0 saturated carbocycles. The van der Waals surface area contributed by atoms with E-state index in [4.69, 9.17) is 4.74 Å². The monoisotopic (exact) mass is 643 g/mol. The summed E-state index contributed by atoms with van der Waals surface area (Å²) >= 11 is 3.46. The number of amides is 2. The van der Waals surface area contributed by atoms with Crippen molar-refractivity contribution >= 4 is 43.5 Å². The summed E-state index contributed by atoms with van der Waals surface area (Å²) < 4.78 is 35.6. The Bertz CT molecular complexity index is 1480. The average Bonchev–Trinajstić information content (AvgIpc) is 2.94. The fraction of sp³-hybridized carbons (Fsp3) is 0.355. The topological polar surface area (TPSA) is 96.0 Å². The second kappa shape index (κ2) is 14.0. The van der Waals surface area contributed by atoms with Crippen LogP contribution in [0.15, 0.2) is 76.1 Å². The second-order valence-corrected chi connectivity index (χ2v) is 12.9. The predicted molar refractivity (Wildman–Crippen MR) is 165 cm³/mol. The molecule has 0 fully saturated rings. The average molecular weight is 645 g/mol. The second-order valence-electron chi connectivity index (χ2n) is 10.1. The summed E-state index contributed by atoms with van der Waals surface area (Å²) in [6, 6.07) is 18.1. The van der Waals surface area contributed by atoms with E-state index in [9.17, 15) is 18.0 Å². The van der Waals surface area contributed by atoms with E-state index in [-0.39, 0.29) is 29.1 Å². The van der Waals surface area contributed by atoms with E-state index < -0.39 is 28.5 Å². The van der Waals surface area contributed by atoms with Crippen LogP contribution in [0.1, 0.15) is 43.9 Å². The van der Waals surface area contributed by atoms with Crippen LogP contribution in [0.25, 0.3) is 0 Å². The van der Waals surface area contributed by atoms with Crippen molar-refractivity contribution in [2.24, 2.45) is 0 Å². The van der Waals surface area contributed by atoms with Gasteiger partial charge in [-0.1, -0.05) is 58.7 Å². The van der Waals surface area contributed by atoms with Gasteiger partial charge in [0.05, 0.1) is 17.7 Å². The zero-order valence-corrected chi connectivity index (χ0v) is 26.8. The van der Waals surface area contributed by atoms with Gasteiger partial charge < -0.3 is 15.0 Å². The number of hydrogen-bond acceptors (Lipinski definition) is 5. The lowest BCUT2D eigenvalue weighted by Crippen LogP contribution is -2.52. The number of rotatable bonds is 12. The zero-order valence-electron chi connectivity index (χ0n) is 24.3. The van der Waals surface area contributed by atoms with Gasteiger partial charge in [0, 0.05) is 17.1 Å². The number of carbonyl (C=O) groups is 2. The minimum Gasteiger partial charge on any atom is -0.495 e. The van der Waals surface area contributed by atoms with Gasteiger partial charge in [0.25, 0.3) is 10.0 Å². The third-order valence-electron chi connectivity index (χ3n) is 6.90. The molecule has 0 radical (unpaired) electrons. The van der Waals surface area contributed by atoms with Crippen LogP contribution in [0.4, 0.5) is 5.69 Å². The van der Waals surface area contributed by atoms with Gasteiger partial charge in [0.15, 0.2) is 0 Å². The Hall–Kier alpha value is -3.37. The van der Waals surface area contributed by atoms with E-state index in [1.807, 2.05) is 58.0 Å². The molecule has 220 valence electrons. The van der Waals surface area contributed by atoms with Crippen LogP contribution < -0.4 is 14.4 Å². The molecule has 2 amide bonds. The quantitative estimate of drug-likeness (QED) is 0.277. The van der Waals surface area contributed by atoms with Gasteiger partial charge in [-0.2, -0.15) is 0 Å². The van der Waals surface area contributed by atoms with E-state index in [1.54, 1.807) is 31.2 Å². The maximum atomic E-state index is 14.1. The molecular formula is C31H38BrN3O5S. The molecule has 3 rings (SSSR count). The van der Waals surface area contributed by atoms with Crippen LogP contribution in [-0.2, 0) is 26.2 Å². The van der Waals surface area contributed by atoms with Gasteiger partial charge in [0.2, 0.25) is 11.8 Å². The Balaban J connectivity index is 2.10. The van der Waals surface area contributed by atoms with E-state index in [2.05, 4.69) is 21.2 Å². The van der Waals surface area contributed by atoms with Crippen molar-refractivity contribution in [3.63, 3.8) is 0 Å². The van der Waals surface area contributed by atoms with Crippen LogP contribution in [-0.4, -0.2) is 50.9 Å². The van der Waals surface area contributed by atoms with Crippen molar-refractivity contribution < 1.29 is 22.7 Å². The van der Waals surface area contributed by atoms with Gasteiger partial charge in [0.1, 0.15) is 18.3 Å². The molecule has 3 aromatic carbocycles. The van der Waals surface area contributed by atoms with Crippen molar-refractivity contribution in [3.8, 4) is 5.75 Å². The predicted octanol–water partition coefficient (Wildman–Crippen LogP) is 5.60. The largest absolute Gasteiger partial charge is 0.495 e. The molecule has 0 heterocycles. The van der Waals surface area contributed by atoms with Crippen molar-refractivity contribution in [1.82, 2.24) is 10.2 Å². The Morgan fingerprint density at radius 3 is 2.24 bits per heavy atom. The van der Waals surface area contributed by atoms with Gasteiger partial charge in [-0.25, -0.2) is 8.42 Å². The van der Waals surface area contributed by atoms with Crippen LogP contribution in [0, 0.1) is 13.8 Å². The van der Waals surface area contributed by atoms with Crippen LogP contribution in [0.3, 0.4) is 0 Å². The lowest BCUT2D eigenvalue weighted by molar-refractivity contribution is -0.139. The van der Waals surface area contributed by atoms with Crippen molar-refractivity contribution in [2.45, 2.75) is 64.6 Å². The Morgan fingerprint density at radius 2 is 1.63 bits per heavy atom. The van der Waals surface area contributed by atoms with E-state index >= 15 is 0 Å². The first-order valence-electron chi connectivity index (χ1n) is 13.5. The number of benzene rings is 3. The maximum Gasteiger partial charge on any atom is 0.264 e. The first kappa shape index (κ1) is 32.1. The molecule has 3 aromatic rings. The smallest absolute Gasteiger partial charge is 0.264 e. The summed E-state index contributed by atoms with van der Waals surface area (Å²) in [6.07, 6.45) is 0.730.